The zero-order chi connectivity index (χ0) is 23.1. The van der Waals surface area contributed by atoms with E-state index in [2.05, 4.69) is 45.4 Å². The van der Waals surface area contributed by atoms with Crippen LogP contribution in [-0.2, 0) is 22.7 Å². The molecule has 8 heteroatoms. The summed E-state index contributed by atoms with van der Waals surface area (Å²) >= 11 is 2.26. The predicted octanol–water partition coefficient (Wildman–Crippen LogP) is 2.52. The third kappa shape index (κ3) is 6.43. The fourth-order valence-corrected chi connectivity index (χ4v) is 4.27. The number of halogens is 1. The molecule has 32 heavy (non-hydrogen) atoms. The maximum Gasteiger partial charge on any atom is 0.256 e. The highest BCUT2D eigenvalue weighted by Crippen LogP contribution is 2.25. The summed E-state index contributed by atoms with van der Waals surface area (Å²) in [5.41, 5.74) is 4.44. The topological polar surface area (TPSA) is 67.9 Å². The first-order valence-corrected chi connectivity index (χ1v) is 12.0. The molecule has 1 aliphatic rings. The van der Waals surface area contributed by atoms with Gasteiger partial charge in [-0.05, 0) is 64.9 Å². The summed E-state index contributed by atoms with van der Waals surface area (Å²) in [4.78, 5) is 27.7. The Morgan fingerprint density at radius 3 is 2.41 bits per heavy atom. The van der Waals surface area contributed by atoms with Crippen molar-refractivity contribution >= 4 is 40.1 Å². The lowest BCUT2D eigenvalue weighted by Gasteiger charge is -2.32. The maximum atomic E-state index is 13.2. The Balaban J connectivity index is 1.69. The average molecular weight is 549 g/mol. The van der Waals surface area contributed by atoms with Crippen molar-refractivity contribution in [2.24, 2.45) is 0 Å². The standard InChI is InChI=1S/C24H32IN5O2/c1-4-26-11-12-27-23(31)16-29(22-13-21(25)10-9-18(22)2)17-24(32)28(3)30-14-19-7-5-6-8-20(19)15-30/h5-10,13,26H,4,11-12,14-17H2,1-3H3,(H,27,31). The quantitative estimate of drug-likeness (QED) is 0.353. The summed E-state index contributed by atoms with van der Waals surface area (Å²) in [5.74, 6) is -0.137. The fourth-order valence-electron chi connectivity index (χ4n) is 3.80. The summed E-state index contributed by atoms with van der Waals surface area (Å²) in [6.45, 7) is 7.88. The lowest BCUT2D eigenvalue weighted by molar-refractivity contribution is -0.145. The number of likely N-dealkylation sites (N-methyl/N-ethyl adjacent to an activating group) is 2. The van der Waals surface area contributed by atoms with Crippen LogP contribution in [0.1, 0.15) is 23.6 Å². The molecule has 0 atom stereocenters. The van der Waals surface area contributed by atoms with Crippen molar-refractivity contribution in [1.29, 1.82) is 0 Å². The number of hydrogen-bond acceptors (Lipinski definition) is 5. The number of aryl methyl sites for hydroxylation is 1. The van der Waals surface area contributed by atoms with E-state index in [0.29, 0.717) is 19.6 Å². The van der Waals surface area contributed by atoms with Crippen molar-refractivity contribution in [2.45, 2.75) is 26.9 Å². The van der Waals surface area contributed by atoms with Crippen LogP contribution in [0, 0.1) is 10.5 Å². The first-order valence-electron chi connectivity index (χ1n) is 11.0. The van der Waals surface area contributed by atoms with E-state index in [9.17, 15) is 9.59 Å². The molecule has 0 fully saturated rings. The second kappa shape index (κ2) is 11.6. The van der Waals surface area contributed by atoms with E-state index in [1.165, 1.54) is 11.1 Å². The predicted molar refractivity (Wildman–Crippen MR) is 136 cm³/mol. The normalized spacial score (nSPS) is 13.0. The number of carbonyl (C=O) groups is 2. The smallest absolute Gasteiger partial charge is 0.256 e. The number of anilines is 1. The third-order valence-corrected chi connectivity index (χ3v) is 6.33. The van der Waals surface area contributed by atoms with E-state index in [1.807, 2.05) is 61.1 Å². The second-order valence-corrected chi connectivity index (χ2v) is 9.24. The molecule has 1 aliphatic heterocycles. The van der Waals surface area contributed by atoms with E-state index >= 15 is 0 Å². The van der Waals surface area contributed by atoms with E-state index in [-0.39, 0.29) is 24.9 Å². The molecule has 2 N–H and O–H groups in total. The molecule has 0 spiro atoms. The number of carbonyl (C=O) groups excluding carboxylic acids is 2. The summed E-state index contributed by atoms with van der Waals surface area (Å²) in [6, 6.07) is 14.4. The molecule has 2 aromatic rings. The molecular formula is C24H32IN5O2. The number of fused-ring (bicyclic) bond motifs is 1. The van der Waals surface area contributed by atoms with Crippen LogP contribution in [0.4, 0.5) is 5.69 Å². The number of hydrazine groups is 1. The molecule has 0 bridgehead atoms. The number of nitrogens with zero attached hydrogens (tertiary/aromatic N) is 3. The molecule has 172 valence electrons. The van der Waals surface area contributed by atoms with Gasteiger partial charge in [0.1, 0.15) is 0 Å². The van der Waals surface area contributed by atoms with Gasteiger partial charge in [-0.3, -0.25) is 14.6 Å². The monoisotopic (exact) mass is 549 g/mol. The first-order chi connectivity index (χ1) is 15.4. The van der Waals surface area contributed by atoms with Gasteiger partial charge in [-0.15, -0.1) is 0 Å². The highest BCUT2D eigenvalue weighted by molar-refractivity contribution is 14.1. The molecule has 0 aliphatic carbocycles. The molecule has 0 unspecified atom stereocenters. The molecule has 0 radical (unpaired) electrons. The largest absolute Gasteiger partial charge is 0.353 e. The van der Waals surface area contributed by atoms with E-state index in [0.717, 1.165) is 27.9 Å². The SMILES string of the molecule is CCNCCNC(=O)CN(CC(=O)N(C)N1Cc2ccccc2C1)c1cc(I)ccc1C. The third-order valence-electron chi connectivity index (χ3n) is 5.66. The van der Waals surface area contributed by atoms with Gasteiger partial charge in [-0.1, -0.05) is 37.3 Å². The minimum absolute atomic E-state index is 0.0449. The minimum Gasteiger partial charge on any atom is -0.353 e. The lowest BCUT2D eigenvalue weighted by atomic mass is 10.1. The van der Waals surface area contributed by atoms with Gasteiger partial charge in [0.15, 0.2) is 0 Å². The van der Waals surface area contributed by atoms with Crippen LogP contribution >= 0.6 is 22.6 Å². The van der Waals surface area contributed by atoms with Crippen molar-refractivity contribution in [3.8, 4) is 0 Å². The Morgan fingerprint density at radius 2 is 1.75 bits per heavy atom. The van der Waals surface area contributed by atoms with Crippen LogP contribution < -0.4 is 15.5 Å². The van der Waals surface area contributed by atoms with Crippen LogP contribution in [0.15, 0.2) is 42.5 Å². The maximum absolute atomic E-state index is 13.2. The van der Waals surface area contributed by atoms with Crippen molar-refractivity contribution in [3.63, 3.8) is 0 Å². The van der Waals surface area contributed by atoms with Gasteiger partial charge in [0.25, 0.3) is 5.91 Å². The number of benzene rings is 2. The van der Waals surface area contributed by atoms with Crippen LogP contribution in [0.3, 0.4) is 0 Å². The van der Waals surface area contributed by atoms with E-state index in [4.69, 9.17) is 0 Å². The molecular weight excluding hydrogens is 517 g/mol. The molecule has 1 heterocycles. The Bertz CT molecular complexity index is 927. The van der Waals surface area contributed by atoms with Crippen LogP contribution in [-0.4, -0.2) is 61.6 Å². The molecule has 3 rings (SSSR count). The number of nitrogens with one attached hydrogen (secondary N) is 2. The molecule has 0 aromatic heterocycles. The Kier molecular flexibility index (Phi) is 8.89. The van der Waals surface area contributed by atoms with Gasteiger partial charge < -0.3 is 15.5 Å². The van der Waals surface area contributed by atoms with Crippen molar-refractivity contribution in [3.05, 3.63) is 62.7 Å². The average Bonchev–Trinajstić information content (AvgIpc) is 3.21. The van der Waals surface area contributed by atoms with Gasteiger partial charge in [-0.25, -0.2) is 5.01 Å². The molecule has 0 saturated heterocycles. The van der Waals surface area contributed by atoms with Crippen LogP contribution in [0.2, 0.25) is 0 Å². The Labute approximate surface area is 204 Å². The lowest BCUT2D eigenvalue weighted by Crippen LogP contribution is -2.48. The van der Waals surface area contributed by atoms with Gasteiger partial charge >= 0.3 is 0 Å². The van der Waals surface area contributed by atoms with E-state index in [1.54, 1.807) is 5.01 Å². The number of amides is 2. The number of rotatable bonds is 10. The van der Waals surface area contributed by atoms with Crippen LogP contribution in [0.5, 0.6) is 0 Å². The van der Waals surface area contributed by atoms with Gasteiger partial charge in [0, 0.05) is 42.5 Å². The minimum atomic E-state index is -0.0924. The van der Waals surface area contributed by atoms with Gasteiger partial charge in [0.05, 0.1) is 13.1 Å². The molecule has 7 nitrogen and oxygen atoms in total. The first kappa shape index (κ1) is 24.5. The van der Waals surface area contributed by atoms with Crippen LogP contribution in [0.25, 0.3) is 0 Å². The highest BCUT2D eigenvalue weighted by atomic mass is 127. The Hall–Kier alpha value is -2.17. The van der Waals surface area contributed by atoms with E-state index < -0.39 is 0 Å². The zero-order valence-electron chi connectivity index (χ0n) is 19.0. The van der Waals surface area contributed by atoms with Crippen molar-refractivity contribution in [2.75, 3.05) is 44.7 Å². The summed E-state index contributed by atoms with van der Waals surface area (Å²) in [7, 11) is 1.81. The number of hydrogen-bond donors (Lipinski definition) is 2. The molecule has 2 aromatic carbocycles. The van der Waals surface area contributed by atoms with Gasteiger partial charge in [0.2, 0.25) is 5.91 Å². The molecule has 0 saturated carbocycles. The summed E-state index contributed by atoms with van der Waals surface area (Å²) in [6.07, 6.45) is 0. The Morgan fingerprint density at radius 1 is 1.06 bits per heavy atom. The summed E-state index contributed by atoms with van der Waals surface area (Å²) in [5, 5.41) is 9.88. The summed E-state index contributed by atoms with van der Waals surface area (Å²) < 4.78 is 1.07. The zero-order valence-corrected chi connectivity index (χ0v) is 21.2. The van der Waals surface area contributed by atoms with Crippen molar-refractivity contribution in [1.82, 2.24) is 20.7 Å². The van der Waals surface area contributed by atoms with Crippen molar-refractivity contribution < 1.29 is 9.59 Å². The highest BCUT2D eigenvalue weighted by Gasteiger charge is 2.27. The van der Waals surface area contributed by atoms with Gasteiger partial charge in [-0.2, -0.15) is 0 Å². The molecule has 2 amide bonds. The second-order valence-electron chi connectivity index (χ2n) is 8.00. The fraction of sp³-hybridized carbons (Fsp3) is 0.417.